The number of nitrogens with two attached hydrogens (primary N) is 1. The van der Waals surface area contributed by atoms with Crippen molar-refractivity contribution in [3.63, 3.8) is 0 Å². The van der Waals surface area contributed by atoms with Crippen LogP contribution in [0.15, 0.2) is 24.3 Å². The molecule has 0 amide bonds. The first kappa shape index (κ1) is 10.1. The number of benzene rings is 1. The van der Waals surface area contributed by atoms with Crippen molar-refractivity contribution >= 4 is 17.7 Å². The lowest BCUT2D eigenvalue weighted by atomic mass is 10.1. The molecule has 74 valence electrons. The lowest BCUT2D eigenvalue weighted by Crippen LogP contribution is -1.91. The van der Waals surface area contributed by atoms with Gasteiger partial charge in [0.05, 0.1) is 7.11 Å². The topological polar surface area (TPSA) is 72.5 Å². The SMILES string of the molecule is COc1ccc(N)cc1C=CC(=O)O. The monoisotopic (exact) mass is 193 g/mol. The molecule has 0 aliphatic carbocycles. The number of carbonyl (C=O) groups is 1. The molecule has 0 bridgehead atoms. The maximum atomic E-state index is 10.3. The Morgan fingerprint density at radius 3 is 2.86 bits per heavy atom. The molecule has 0 saturated heterocycles. The van der Waals surface area contributed by atoms with Crippen molar-refractivity contribution in [1.82, 2.24) is 0 Å². The number of methoxy groups -OCH3 is 1. The van der Waals surface area contributed by atoms with Crippen LogP contribution in [-0.2, 0) is 4.79 Å². The fourth-order valence-corrected chi connectivity index (χ4v) is 1.04. The molecule has 0 spiro atoms. The molecule has 14 heavy (non-hydrogen) atoms. The number of aliphatic carboxylic acids is 1. The average Bonchev–Trinajstić information content (AvgIpc) is 2.15. The minimum Gasteiger partial charge on any atom is -0.496 e. The third-order valence-corrected chi connectivity index (χ3v) is 1.66. The zero-order valence-electron chi connectivity index (χ0n) is 7.73. The van der Waals surface area contributed by atoms with Gasteiger partial charge in [0.1, 0.15) is 5.75 Å². The van der Waals surface area contributed by atoms with Crippen LogP contribution in [0, 0.1) is 0 Å². The normalized spacial score (nSPS) is 10.4. The summed E-state index contributed by atoms with van der Waals surface area (Å²) in [6.45, 7) is 0. The molecule has 0 atom stereocenters. The van der Waals surface area contributed by atoms with Gasteiger partial charge in [-0.1, -0.05) is 0 Å². The van der Waals surface area contributed by atoms with E-state index in [-0.39, 0.29) is 0 Å². The fourth-order valence-electron chi connectivity index (χ4n) is 1.04. The second-order valence-electron chi connectivity index (χ2n) is 2.67. The maximum Gasteiger partial charge on any atom is 0.328 e. The van der Waals surface area contributed by atoms with Crippen molar-refractivity contribution in [2.75, 3.05) is 12.8 Å². The standard InChI is InChI=1S/C10H11NO3/c1-14-9-4-3-8(11)6-7(9)2-5-10(12)13/h2-6H,11H2,1H3,(H,12,13). The number of carboxylic acid groups (broad SMARTS) is 1. The molecule has 1 aromatic rings. The van der Waals surface area contributed by atoms with E-state index in [1.54, 1.807) is 18.2 Å². The predicted molar refractivity (Wildman–Crippen MR) is 54.1 cm³/mol. The Kier molecular flexibility index (Phi) is 3.12. The zero-order chi connectivity index (χ0) is 10.6. The average molecular weight is 193 g/mol. The number of hydrogen-bond donors (Lipinski definition) is 2. The summed E-state index contributed by atoms with van der Waals surface area (Å²) < 4.78 is 5.03. The van der Waals surface area contributed by atoms with Crippen molar-refractivity contribution in [2.45, 2.75) is 0 Å². The van der Waals surface area contributed by atoms with E-state index in [4.69, 9.17) is 15.6 Å². The molecule has 1 aromatic carbocycles. The van der Waals surface area contributed by atoms with Gasteiger partial charge >= 0.3 is 5.97 Å². The maximum absolute atomic E-state index is 10.3. The van der Waals surface area contributed by atoms with Gasteiger partial charge in [-0.05, 0) is 24.3 Å². The van der Waals surface area contributed by atoms with E-state index in [1.165, 1.54) is 13.2 Å². The molecular weight excluding hydrogens is 182 g/mol. The number of rotatable bonds is 3. The molecule has 0 radical (unpaired) electrons. The van der Waals surface area contributed by atoms with E-state index in [0.717, 1.165) is 6.08 Å². The van der Waals surface area contributed by atoms with Gasteiger partial charge in [0.15, 0.2) is 0 Å². The molecule has 0 heterocycles. The lowest BCUT2D eigenvalue weighted by molar-refractivity contribution is -0.131. The fraction of sp³-hybridized carbons (Fsp3) is 0.100. The highest BCUT2D eigenvalue weighted by Gasteiger charge is 1.99. The molecule has 1 rings (SSSR count). The van der Waals surface area contributed by atoms with Crippen LogP contribution in [0.5, 0.6) is 5.75 Å². The number of anilines is 1. The quantitative estimate of drug-likeness (QED) is 0.561. The smallest absolute Gasteiger partial charge is 0.328 e. The first-order valence-corrected chi connectivity index (χ1v) is 3.98. The first-order valence-electron chi connectivity index (χ1n) is 3.98. The molecule has 4 heteroatoms. The molecule has 0 aliphatic rings. The van der Waals surface area contributed by atoms with Crippen LogP contribution in [-0.4, -0.2) is 18.2 Å². The van der Waals surface area contributed by atoms with Crippen LogP contribution in [0.2, 0.25) is 0 Å². The first-order chi connectivity index (χ1) is 6.63. The van der Waals surface area contributed by atoms with E-state index < -0.39 is 5.97 Å². The summed E-state index contributed by atoms with van der Waals surface area (Å²) in [5.41, 5.74) is 6.77. The Morgan fingerprint density at radius 1 is 1.57 bits per heavy atom. The van der Waals surface area contributed by atoms with Crippen molar-refractivity contribution in [3.05, 3.63) is 29.8 Å². The van der Waals surface area contributed by atoms with Gasteiger partial charge in [0.25, 0.3) is 0 Å². The minimum atomic E-state index is -1.01. The molecule has 0 aromatic heterocycles. The van der Waals surface area contributed by atoms with Crippen LogP contribution in [0.1, 0.15) is 5.56 Å². The van der Waals surface area contributed by atoms with Crippen LogP contribution in [0.3, 0.4) is 0 Å². The Bertz CT molecular complexity index is 372. The largest absolute Gasteiger partial charge is 0.496 e. The van der Waals surface area contributed by atoms with Crippen LogP contribution in [0.25, 0.3) is 6.08 Å². The Labute approximate surface area is 81.6 Å². The second-order valence-corrected chi connectivity index (χ2v) is 2.67. The summed E-state index contributed by atoms with van der Waals surface area (Å²) in [5.74, 6) is -0.411. The van der Waals surface area contributed by atoms with Gasteiger partial charge in [-0.25, -0.2) is 4.79 Å². The summed E-state index contributed by atoms with van der Waals surface area (Å²) in [4.78, 5) is 10.3. The van der Waals surface area contributed by atoms with E-state index in [1.807, 2.05) is 0 Å². The van der Waals surface area contributed by atoms with E-state index in [0.29, 0.717) is 17.0 Å². The van der Waals surface area contributed by atoms with Gasteiger partial charge in [-0.3, -0.25) is 0 Å². The lowest BCUT2D eigenvalue weighted by Gasteiger charge is -2.04. The van der Waals surface area contributed by atoms with Crippen molar-refractivity contribution in [1.29, 1.82) is 0 Å². The summed E-state index contributed by atoms with van der Waals surface area (Å²) >= 11 is 0. The Balaban J connectivity index is 3.04. The van der Waals surface area contributed by atoms with Gasteiger partial charge in [0, 0.05) is 17.3 Å². The van der Waals surface area contributed by atoms with E-state index in [2.05, 4.69) is 0 Å². The number of hydrogen-bond acceptors (Lipinski definition) is 3. The summed E-state index contributed by atoms with van der Waals surface area (Å²) in [6, 6.07) is 5.03. The van der Waals surface area contributed by atoms with Gasteiger partial charge in [0.2, 0.25) is 0 Å². The third kappa shape index (κ3) is 2.52. The molecular formula is C10H11NO3. The number of nitrogen functional groups attached to an aromatic ring is 1. The van der Waals surface area contributed by atoms with Gasteiger partial charge < -0.3 is 15.6 Å². The molecule has 0 aliphatic heterocycles. The Hall–Kier alpha value is -1.97. The Morgan fingerprint density at radius 2 is 2.29 bits per heavy atom. The van der Waals surface area contributed by atoms with Gasteiger partial charge in [-0.15, -0.1) is 0 Å². The van der Waals surface area contributed by atoms with E-state index >= 15 is 0 Å². The zero-order valence-corrected chi connectivity index (χ0v) is 7.73. The summed E-state index contributed by atoms with van der Waals surface area (Å²) in [7, 11) is 1.52. The van der Waals surface area contributed by atoms with Crippen LogP contribution in [0.4, 0.5) is 5.69 Å². The molecule has 0 unspecified atom stereocenters. The molecule has 0 fully saturated rings. The van der Waals surface area contributed by atoms with Crippen LogP contribution >= 0.6 is 0 Å². The van der Waals surface area contributed by atoms with Crippen molar-refractivity contribution in [3.8, 4) is 5.75 Å². The van der Waals surface area contributed by atoms with Gasteiger partial charge in [-0.2, -0.15) is 0 Å². The molecule has 3 N–H and O–H groups in total. The molecule has 0 saturated carbocycles. The number of carboxylic acids is 1. The number of ether oxygens (including phenoxy) is 1. The predicted octanol–water partition coefficient (Wildman–Crippen LogP) is 1.38. The summed E-state index contributed by atoms with van der Waals surface area (Å²) in [6.07, 6.45) is 2.48. The summed E-state index contributed by atoms with van der Waals surface area (Å²) in [5, 5.41) is 8.45. The highest BCUT2D eigenvalue weighted by Crippen LogP contribution is 2.22. The second kappa shape index (κ2) is 4.32. The third-order valence-electron chi connectivity index (χ3n) is 1.66. The van der Waals surface area contributed by atoms with Crippen molar-refractivity contribution < 1.29 is 14.6 Å². The highest BCUT2D eigenvalue weighted by atomic mass is 16.5. The highest BCUT2D eigenvalue weighted by molar-refractivity contribution is 5.86. The minimum absolute atomic E-state index is 0.566. The van der Waals surface area contributed by atoms with E-state index in [9.17, 15) is 4.79 Å². The van der Waals surface area contributed by atoms with Crippen molar-refractivity contribution in [2.24, 2.45) is 0 Å². The van der Waals surface area contributed by atoms with Crippen LogP contribution < -0.4 is 10.5 Å². The molecule has 4 nitrogen and oxygen atoms in total.